The molecule has 0 saturated heterocycles. The fourth-order valence-electron chi connectivity index (χ4n) is 2.92. The van der Waals surface area contributed by atoms with Gasteiger partial charge in [0.1, 0.15) is 0 Å². The van der Waals surface area contributed by atoms with E-state index < -0.39 is 0 Å². The molecule has 4 heteroatoms. The first-order valence-electron chi connectivity index (χ1n) is 8.61. The zero-order chi connectivity index (χ0) is 16.6. The Morgan fingerprint density at radius 3 is 2.71 bits per heavy atom. The van der Waals surface area contributed by atoms with Crippen LogP contribution >= 0.6 is 11.8 Å². The van der Waals surface area contributed by atoms with Gasteiger partial charge >= 0.3 is 0 Å². The molecule has 0 spiro atoms. The summed E-state index contributed by atoms with van der Waals surface area (Å²) in [6.45, 7) is 2.47. The highest BCUT2D eigenvalue weighted by Gasteiger charge is 2.20. The summed E-state index contributed by atoms with van der Waals surface area (Å²) in [6, 6.07) is 18.7. The van der Waals surface area contributed by atoms with E-state index in [-0.39, 0.29) is 5.91 Å². The summed E-state index contributed by atoms with van der Waals surface area (Å²) in [6.07, 6.45) is 2.60. The Labute approximate surface area is 148 Å². The van der Waals surface area contributed by atoms with Crippen molar-refractivity contribution in [1.82, 2.24) is 5.32 Å². The minimum absolute atomic E-state index is 0.220. The Kier molecular flexibility index (Phi) is 6.33. The van der Waals surface area contributed by atoms with E-state index in [0.717, 1.165) is 43.9 Å². The summed E-state index contributed by atoms with van der Waals surface area (Å²) in [5.74, 6) is 1.30. The fraction of sp³-hybridized carbons (Fsp3) is 0.350. The van der Waals surface area contributed by atoms with Crippen LogP contribution in [-0.4, -0.2) is 31.3 Å². The van der Waals surface area contributed by atoms with Crippen LogP contribution in [0.4, 0.5) is 5.69 Å². The number of hydrogen-bond acceptors (Lipinski definition) is 3. The van der Waals surface area contributed by atoms with Crippen molar-refractivity contribution in [3.63, 3.8) is 0 Å². The van der Waals surface area contributed by atoms with Crippen LogP contribution in [0.15, 0.2) is 59.5 Å². The van der Waals surface area contributed by atoms with Crippen molar-refractivity contribution in [2.75, 3.05) is 30.3 Å². The monoisotopic (exact) mass is 340 g/mol. The molecule has 0 saturated carbocycles. The van der Waals surface area contributed by atoms with E-state index in [4.69, 9.17) is 0 Å². The van der Waals surface area contributed by atoms with Crippen molar-refractivity contribution < 1.29 is 4.79 Å². The molecule has 3 nitrogen and oxygen atoms in total. The Balaban J connectivity index is 1.47. The average molecular weight is 340 g/mol. The van der Waals surface area contributed by atoms with Crippen molar-refractivity contribution >= 4 is 23.4 Å². The maximum Gasteiger partial charge on any atom is 0.228 e. The van der Waals surface area contributed by atoms with Crippen molar-refractivity contribution in [1.29, 1.82) is 0 Å². The summed E-state index contributed by atoms with van der Waals surface area (Å²) < 4.78 is 0. The van der Waals surface area contributed by atoms with Gasteiger partial charge in [-0.2, -0.15) is 0 Å². The first-order valence-corrected chi connectivity index (χ1v) is 9.60. The lowest BCUT2D eigenvalue weighted by Crippen LogP contribution is -2.34. The van der Waals surface area contributed by atoms with Crippen LogP contribution in [0, 0.1) is 0 Å². The molecule has 126 valence electrons. The van der Waals surface area contributed by atoms with Crippen LogP contribution in [0.3, 0.4) is 0 Å². The van der Waals surface area contributed by atoms with Gasteiger partial charge in [0.2, 0.25) is 5.91 Å². The topological polar surface area (TPSA) is 32.3 Å². The molecule has 2 aromatic carbocycles. The van der Waals surface area contributed by atoms with Gasteiger partial charge < -0.3 is 10.2 Å². The normalized spacial score (nSPS) is 14.1. The van der Waals surface area contributed by atoms with Crippen LogP contribution in [0.2, 0.25) is 0 Å². The van der Waals surface area contributed by atoms with Crippen LogP contribution in [0.5, 0.6) is 0 Å². The SMILES string of the molecule is O=C(CCNCCc1ccccc1)N1CCCSc2ccccc21. The van der Waals surface area contributed by atoms with E-state index in [1.54, 1.807) is 0 Å². The standard InChI is InChI=1S/C20H24N2OS/c23-20(12-14-21-13-11-17-7-2-1-3-8-17)22-15-6-16-24-19-10-5-4-9-18(19)22/h1-5,7-10,21H,6,11-16H2. The number of hydrogen-bond donors (Lipinski definition) is 1. The quantitative estimate of drug-likeness (QED) is 0.813. The molecule has 3 rings (SSSR count). The number of rotatable bonds is 6. The number of anilines is 1. The Morgan fingerprint density at radius 2 is 1.83 bits per heavy atom. The first kappa shape index (κ1) is 17.1. The summed E-state index contributed by atoms with van der Waals surface area (Å²) in [4.78, 5) is 15.8. The molecule has 24 heavy (non-hydrogen) atoms. The number of carbonyl (C=O) groups is 1. The third kappa shape index (κ3) is 4.62. The van der Waals surface area contributed by atoms with Gasteiger partial charge in [-0.1, -0.05) is 42.5 Å². The molecule has 1 N–H and O–H groups in total. The number of carbonyl (C=O) groups excluding carboxylic acids is 1. The number of nitrogens with one attached hydrogen (secondary N) is 1. The van der Waals surface area contributed by atoms with Crippen LogP contribution in [-0.2, 0) is 11.2 Å². The van der Waals surface area contributed by atoms with E-state index in [1.807, 2.05) is 34.9 Å². The molecule has 0 aliphatic carbocycles. The molecule has 1 aliphatic heterocycles. The van der Waals surface area contributed by atoms with E-state index in [1.165, 1.54) is 10.5 Å². The fourth-order valence-corrected chi connectivity index (χ4v) is 3.91. The van der Waals surface area contributed by atoms with Gasteiger partial charge in [-0.05, 0) is 42.8 Å². The third-order valence-electron chi connectivity index (χ3n) is 4.19. The summed E-state index contributed by atoms with van der Waals surface area (Å²) >= 11 is 1.85. The molecular formula is C20H24N2OS. The van der Waals surface area contributed by atoms with Crippen LogP contribution < -0.4 is 10.2 Å². The smallest absolute Gasteiger partial charge is 0.228 e. The van der Waals surface area contributed by atoms with Crippen molar-refractivity contribution in [2.45, 2.75) is 24.2 Å². The van der Waals surface area contributed by atoms with E-state index in [2.05, 4.69) is 41.7 Å². The predicted octanol–water partition coefficient (Wildman–Crippen LogP) is 3.74. The maximum atomic E-state index is 12.6. The highest BCUT2D eigenvalue weighted by Crippen LogP contribution is 2.33. The second-order valence-electron chi connectivity index (χ2n) is 5.95. The summed E-state index contributed by atoms with van der Waals surface area (Å²) in [5.41, 5.74) is 2.41. The summed E-state index contributed by atoms with van der Waals surface area (Å²) in [5, 5.41) is 3.39. The molecule has 0 atom stereocenters. The highest BCUT2D eigenvalue weighted by atomic mass is 32.2. The number of nitrogens with zero attached hydrogens (tertiary/aromatic N) is 1. The van der Waals surface area contributed by atoms with Crippen molar-refractivity contribution in [3.8, 4) is 0 Å². The van der Waals surface area contributed by atoms with Gasteiger partial charge in [0.15, 0.2) is 0 Å². The average Bonchev–Trinajstić information content (AvgIpc) is 2.85. The number of benzene rings is 2. The molecule has 1 aliphatic rings. The van der Waals surface area contributed by atoms with Gasteiger partial charge in [0.05, 0.1) is 5.69 Å². The van der Waals surface area contributed by atoms with E-state index >= 15 is 0 Å². The van der Waals surface area contributed by atoms with E-state index in [9.17, 15) is 4.79 Å². The molecule has 2 aromatic rings. The second kappa shape index (κ2) is 8.90. The minimum atomic E-state index is 0.220. The minimum Gasteiger partial charge on any atom is -0.316 e. The Bertz CT molecular complexity index is 660. The number of thioether (sulfide) groups is 1. The molecule has 0 aromatic heterocycles. The Hall–Kier alpha value is -1.78. The van der Waals surface area contributed by atoms with Crippen LogP contribution in [0.25, 0.3) is 0 Å². The second-order valence-corrected chi connectivity index (χ2v) is 7.09. The van der Waals surface area contributed by atoms with Crippen molar-refractivity contribution in [2.24, 2.45) is 0 Å². The number of fused-ring (bicyclic) bond motifs is 1. The maximum absolute atomic E-state index is 12.6. The Morgan fingerprint density at radius 1 is 1.04 bits per heavy atom. The lowest BCUT2D eigenvalue weighted by atomic mass is 10.1. The molecule has 0 fully saturated rings. The summed E-state index contributed by atoms with van der Waals surface area (Å²) in [7, 11) is 0. The predicted molar refractivity (Wildman–Crippen MR) is 102 cm³/mol. The molecular weight excluding hydrogens is 316 g/mol. The van der Waals surface area contributed by atoms with Gasteiger partial charge in [0, 0.05) is 24.4 Å². The van der Waals surface area contributed by atoms with Gasteiger partial charge in [0.25, 0.3) is 0 Å². The van der Waals surface area contributed by atoms with E-state index in [0.29, 0.717) is 6.42 Å². The lowest BCUT2D eigenvalue weighted by molar-refractivity contribution is -0.118. The molecule has 0 radical (unpaired) electrons. The van der Waals surface area contributed by atoms with Gasteiger partial charge in [-0.25, -0.2) is 0 Å². The first-order chi connectivity index (χ1) is 11.8. The number of para-hydroxylation sites is 1. The van der Waals surface area contributed by atoms with Gasteiger partial charge in [-0.3, -0.25) is 4.79 Å². The highest BCUT2D eigenvalue weighted by molar-refractivity contribution is 7.99. The zero-order valence-corrected chi connectivity index (χ0v) is 14.7. The largest absolute Gasteiger partial charge is 0.316 e. The molecule has 0 bridgehead atoms. The molecule has 1 heterocycles. The van der Waals surface area contributed by atoms with Crippen LogP contribution in [0.1, 0.15) is 18.4 Å². The molecule has 0 unspecified atom stereocenters. The zero-order valence-electron chi connectivity index (χ0n) is 13.9. The molecule has 1 amide bonds. The third-order valence-corrected chi connectivity index (χ3v) is 5.34. The van der Waals surface area contributed by atoms with Gasteiger partial charge in [-0.15, -0.1) is 11.8 Å². The van der Waals surface area contributed by atoms with Crippen molar-refractivity contribution in [3.05, 3.63) is 60.2 Å². The number of amides is 1. The lowest BCUT2D eigenvalue weighted by Gasteiger charge is -2.22.